The van der Waals surface area contributed by atoms with Crippen molar-refractivity contribution >= 4 is 16.9 Å². The number of carboxylic acid groups (broad SMARTS) is 1. The molecule has 0 spiro atoms. The molecule has 5 rings (SSSR count). The van der Waals surface area contributed by atoms with Gasteiger partial charge in [0.1, 0.15) is 5.82 Å². The summed E-state index contributed by atoms with van der Waals surface area (Å²) in [5, 5.41) is 10.7. The van der Waals surface area contributed by atoms with E-state index in [2.05, 4.69) is 0 Å². The molecule has 3 aromatic carbocycles. The topological polar surface area (TPSA) is 50.2 Å². The summed E-state index contributed by atoms with van der Waals surface area (Å²) >= 11 is 0. The Kier molecular flexibility index (Phi) is 4.35. The van der Waals surface area contributed by atoms with Crippen LogP contribution in [-0.2, 0) is 12.8 Å². The standard InChI is InChI=1S/C26H20FNO2/c1-15-9-12-23-21(13-15)24(26(29)30)20-7-4-5-16-14-17(10-11-19(16)25(20)28-23)18-6-2-3-8-22(18)27/h2-3,6,8-14H,4-5,7H2,1H3,(H,29,30). The molecule has 4 heteroatoms. The SMILES string of the molecule is Cc1ccc2nc3c(c(C(=O)O)c2c1)CCCc1cc(-c2ccccc2F)ccc1-3. The zero-order chi connectivity index (χ0) is 20.8. The minimum atomic E-state index is -0.921. The van der Waals surface area contributed by atoms with Crippen molar-refractivity contribution in [2.24, 2.45) is 0 Å². The predicted molar refractivity (Wildman–Crippen MR) is 116 cm³/mol. The lowest BCUT2D eigenvalue weighted by Crippen LogP contribution is -2.07. The van der Waals surface area contributed by atoms with Gasteiger partial charge in [-0.05, 0) is 61.1 Å². The fourth-order valence-corrected chi connectivity index (χ4v) is 4.48. The number of fused-ring (bicyclic) bond motifs is 4. The predicted octanol–water partition coefficient (Wildman–Crippen LogP) is 6.20. The number of aromatic nitrogens is 1. The van der Waals surface area contributed by atoms with Gasteiger partial charge in [0, 0.05) is 16.5 Å². The summed E-state index contributed by atoms with van der Waals surface area (Å²) in [7, 11) is 0. The van der Waals surface area contributed by atoms with Crippen LogP contribution in [0.2, 0.25) is 0 Å². The first-order valence-electron chi connectivity index (χ1n) is 10.1. The van der Waals surface area contributed by atoms with Gasteiger partial charge in [0.25, 0.3) is 0 Å². The molecular weight excluding hydrogens is 377 g/mol. The minimum Gasteiger partial charge on any atom is -0.478 e. The molecule has 1 aromatic heterocycles. The molecule has 1 N–H and O–H groups in total. The van der Waals surface area contributed by atoms with Crippen LogP contribution in [0.4, 0.5) is 4.39 Å². The van der Waals surface area contributed by atoms with Crippen LogP contribution >= 0.6 is 0 Å². The van der Waals surface area contributed by atoms with Crippen molar-refractivity contribution in [3.8, 4) is 22.4 Å². The quantitative estimate of drug-likeness (QED) is 0.438. The molecule has 0 saturated heterocycles. The molecule has 0 saturated carbocycles. The van der Waals surface area contributed by atoms with Crippen molar-refractivity contribution in [3.05, 3.63) is 88.7 Å². The Morgan fingerprint density at radius 2 is 1.83 bits per heavy atom. The van der Waals surface area contributed by atoms with Gasteiger partial charge in [0.15, 0.2) is 0 Å². The molecule has 0 bridgehead atoms. The van der Waals surface area contributed by atoms with Crippen LogP contribution in [0.15, 0.2) is 60.7 Å². The number of pyridine rings is 1. The van der Waals surface area contributed by atoms with E-state index in [1.54, 1.807) is 12.1 Å². The number of benzene rings is 3. The third-order valence-corrected chi connectivity index (χ3v) is 5.87. The molecule has 1 aliphatic carbocycles. The van der Waals surface area contributed by atoms with E-state index in [4.69, 9.17) is 4.98 Å². The highest BCUT2D eigenvalue weighted by Gasteiger charge is 2.24. The minimum absolute atomic E-state index is 0.251. The van der Waals surface area contributed by atoms with Gasteiger partial charge in [0.05, 0.1) is 16.8 Å². The van der Waals surface area contributed by atoms with Crippen LogP contribution in [0.25, 0.3) is 33.3 Å². The number of aromatic carboxylic acids is 1. The lowest BCUT2D eigenvalue weighted by atomic mass is 9.93. The first-order chi connectivity index (χ1) is 14.5. The largest absolute Gasteiger partial charge is 0.478 e. The Morgan fingerprint density at radius 1 is 1.00 bits per heavy atom. The average Bonchev–Trinajstić information content (AvgIpc) is 2.90. The van der Waals surface area contributed by atoms with Crippen LogP contribution in [0.5, 0.6) is 0 Å². The molecule has 0 atom stereocenters. The summed E-state index contributed by atoms with van der Waals surface area (Å²) in [5.74, 6) is -1.17. The molecule has 0 radical (unpaired) electrons. The van der Waals surface area contributed by atoms with E-state index in [1.807, 2.05) is 49.4 Å². The number of rotatable bonds is 2. The summed E-state index contributed by atoms with van der Waals surface area (Å²) in [4.78, 5) is 17.1. The number of carbonyl (C=O) groups is 1. The number of carboxylic acids is 1. The Labute approximate surface area is 173 Å². The first-order valence-corrected chi connectivity index (χ1v) is 10.1. The van der Waals surface area contributed by atoms with Gasteiger partial charge < -0.3 is 5.11 Å². The number of aryl methyl sites for hydroxylation is 2. The second kappa shape index (κ2) is 7.06. The molecule has 148 valence electrons. The third-order valence-electron chi connectivity index (χ3n) is 5.87. The molecule has 30 heavy (non-hydrogen) atoms. The van der Waals surface area contributed by atoms with Crippen LogP contribution < -0.4 is 0 Å². The molecule has 0 amide bonds. The maximum atomic E-state index is 14.3. The molecule has 0 unspecified atom stereocenters. The van der Waals surface area contributed by atoms with E-state index in [0.29, 0.717) is 28.5 Å². The van der Waals surface area contributed by atoms with E-state index in [0.717, 1.165) is 46.4 Å². The van der Waals surface area contributed by atoms with Gasteiger partial charge in [0.2, 0.25) is 0 Å². The number of halogens is 1. The second-order valence-corrected chi connectivity index (χ2v) is 7.85. The molecule has 4 aromatic rings. The van der Waals surface area contributed by atoms with Crippen molar-refractivity contribution < 1.29 is 14.3 Å². The van der Waals surface area contributed by atoms with Crippen molar-refractivity contribution in [2.45, 2.75) is 26.2 Å². The lowest BCUT2D eigenvalue weighted by Gasteiger charge is -2.15. The van der Waals surface area contributed by atoms with Gasteiger partial charge in [-0.25, -0.2) is 14.2 Å². The lowest BCUT2D eigenvalue weighted by molar-refractivity contribution is 0.0698. The molecular formula is C26H20FNO2. The third kappa shape index (κ3) is 2.96. The second-order valence-electron chi connectivity index (χ2n) is 7.85. The zero-order valence-corrected chi connectivity index (χ0v) is 16.6. The normalized spacial score (nSPS) is 12.9. The van der Waals surface area contributed by atoms with E-state index in [-0.39, 0.29) is 5.82 Å². The molecule has 1 heterocycles. The Morgan fingerprint density at radius 3 is 2.63 bits per heavy atom. The molecule has 1 aliphatic rings. The first kappa shape index (κ1) is 18.5. The fraction of sp³-hybridized carbons (Fsp3) is 0.154. The zero-order valence-electron chi connectivity index (χ0n) is 16.6. The summed E-state index contributed by atoms with van der Waals surface area (Å²) in [6, 6.07) is 18.4. The van der Waals surface area contributed by atoms with Crippen molar-refractivity contribution in [2.75, 3.05) is 0 Å². The van der Waals surface area contributed by atoms with E-state index < -0.39 is 5.97 Å². The van der Waals surface area contributed by atoms with Crippen molar-refractivity contribution in [1.29, 1.82) is 0 Å². The van der Waals surface area contributed by atoms with Crippen LogP contribution in [0.1, 0.15) is 33.5 Å². The number of nitrogens with zero attached hydrogens (tertiary/aromatic N) is 1. The van der Waals surface area contributed by atoms with Crippen molar-refractivity contribution in [3.63, 3.8) is 0 Å². The van der Waals surface area contributed by atoms with Gasteiger partial charge in [-0.15, -0.1) is 0 Å². The Bertz CT molecular complexity index is 1330. The highest BCUT2D eigenvalue weighted by atomic mass is 19.1. The van der Waals surface area contributed by atoms with Crippen LogP contribution in [0.3, 0.4) is 0 Å². The molecule has 3 nitrogen and oxygen atoms in total. The summed E-state index contributed by atoms with van der Waals surface area (Å²) < 4.78 is 14.3. The van der Waals surface area contributed by atoms with Gasteiger partial charge in [-0.2, -0.15) is 0 Å². The van der Waals surface area contributed by atoms with E-state index in [9.17, 15) is 14.3 Å². The van der Waals surface area contributed by atoms with E-state index in [1.165, 1.54) is 6.07 Å². The number of hydrogen-bond acceptors (Lipinski definition) is 2. The van der Waals surface area contributed by atoms with Crippen LogP contribution in [-0.4, -0.2) is 16.1 Å². The maximum Gasteiger partial charge on any atom is 0.336 e. The fourth-order valence-electron chi connectivity index (χ4n) is 4.48. The molecule has 0 aliphatic heterocycles. The van der Waals surface area contributed by atoms with Gasteiger partial charge in [-0.1, -0.05) is 48.0 Å². The highest BCUT2D eigenvalue weighted by Crippen LogP contribution is 2.38. The average molecular weight is 397 g/mol. The summed E-state index contributed by atoms with van der Waals surface area (Å²) in [6.07, 6.45) is 2.26. The maximum absolute atomic E-state index is 14.3. The Hall–Kier alpha value is -3.53. The summed E-state index contributed by atoms with van der Waals surface area (Å²) in [5.41, 5.74) is 6.97. The van der Waals surface area contributed by atoms with E-state index >= 15 is 0 Å². The van der Waals surface area contributed by atoms with Gasteiger partial charge in [-0.3, -0.25) is 0 Å². The van der Waals surface area contributed by atoms with Gasteiger partial charge >= 0.3 is 5.97 Å². The van der Waals surface area contributed by atoms with Crippen LogP contribution in [0, 0.1) is 12.7 Å². The smallest absolute Gasteiger partial charge is 0.336 e. The Balaban J connectivity index is 1.76. The number of hydrogen-bond donors (Lipinski definition) is 1. The monoisotopic (exact) mass is 397 g/mol. The van der Waals surface area contributed by atoms with Crippen molar-refractivity contribution in [1.82, 2.24) is 4.98 Å². The highest BCUT2D eigenvalue weighted by molar-refractivity contribution is 6.06. The molecule has 0 fully saturated rings. The summed E-state index contributed by atoms with van der Waals surface area (Å²) in [6.45, 7) is 1.95.